The molecule has 2 aromatic rings. The number of amides is 3. The van der Waals surface area contributed by atoms with Crippen molar-refractivity contribution >= 4 is 29.1 Å². The third-order valence-electron chi connectivity index (χ3n) is 3.69. The normalized spacial score (nSPS) is 17.2. The van der Waals surface area contributed by atoms with Gasteiger partial charge in [-0.05, 0) is 36.4 Å². The van der Waals surface area contributed by atoms with Crippen molar-refractivity contribution in [3.63, 3.8) is 0 Å². The van der Waals surface area contributed by atoms with Crippen LogP contribution in [0.2, 0.25) is 0 Å². The summed E-state index contributed by atoms with van der Waals surface area (Å²) in [5.41, 5.74) is 12.1. The Labute approximate surface area is 138 Å². The molecule has 4 N–H and O–H groups in total. The molecule has 1 atom stereocenters. The highest BCUT2D eigenvalue weighted by Crippen LogP contribution is 2.22. The van der Waals surface area contributed by atoms with E-state index in [1.165, 1.54) is 0 Å². The van der Waals surface area contributed by atoms with E-state index in [2.05, 4.69) is 10.9 Å². The molecule has 1 aliphatic heterocycles. The van der Waals surface area contributed by atoms with E-state index in [4.69, 9.17) is 5.73 Å². The maximum atomic E-state index is 12.4. The Morgan fingerprint density at radius 1 is 1.04 bits per heavy atom. The topological polar surface area (TPSA) is 105 Å². The van der Waals surface area contributed by atoms with Gasteiger partial charge in [0.15, 0.2) is 0 Å². The number of hydrazine groups is 1. The molecule has 1 fully saturated rings. The van der Waals surface area contributed by atoms with Crippen molar-refractivity contribution in [3.05, 3.63) is 60.2 Å². The quantitative estimate of drug-likeness (QED) is 0.439. The molecule has 1 saturated heterocycles. The first kappa shape index (κ1) is 15.7. The second-order valence-corrected chi connectivity index (χ2v) is 5.38. The van der Waals surface area contributed by atoms with Gasteiger partial charge in [0, 0.05) is 11.3 Å². The SMILES string of the molecule is Nc1ccc(C(=O)NNC2CC(=O)N(c3ccccc3)C2=O)cc1. The van der Waals surface area contributed by atoms with E-state index in [-0.39, 0.29) is 12.3 Å². The molecule has 1 aliphatic rings. The number of imide groups is 1. The van der Waals surface area contributed by atoms with Crippen LogP contribution in [-0.2, 0) is 9.59 Å². The van der Waals surface area contributed by atoms with Crippen LogP contribution < -0.4 is 21.5 Å². The number of carbonyl (C=O) groups is 3. The summed E-state index contributed by atoms with van der Waals surface area (Å²) in [6.07, 6.45) is -0.0181. The zero-order valence-corrected chi connectivity index (χ0v) is 12.7. The summed E-state index contributed by atoms with van der Waals surface area (Å²) in [5, 5.41) is 0. The molecule has 3 amide bonds. The van der Waals surface area contributed by atoms with Gasteiger partial charge in [0.05, 0.1) is 12.1 Å². The lowest BCUT2D eigenvalue weighted by molar-refractivity contribution is -0.121. The van der Waals surface area contributed by atoms with E-state index < -0.39 is 17.9 Å². The van der Waals surface area contributed by atoms with Gasteiger partial charge >= 0.3 is 0 Å². The summed E-state index contributed by atoms with van der Waals surface area (Å²) in [7, 11) is 0. The Hall–Kier alpha value is -3.19. The Morgan fingerprint density at radius 3 is 2.38 bits per heavy atom. The number of nitrogens with zero attached hydrogens (tertiary/aromatic N) is 1. The lowest BCUT2D eigenvalue weighted by atomic mass is 10.2. The van der Waals surface area contributed by atoms with Crippen molar-refractivity contribution in [3.8, 4) is 0 Å². The highest BCUT2D eigenvalue weighted by atomic mass is 16.2. The molecule has 0 aromatic heterocycles. The first-order chi connectivity index (χ1) is 11.6. The first-order valence-corrected chi connectivity index (χ1v) is 7.39. The predicted molar refractivity (Wildman–Crippen MR) is 88.8 cm³/mol. The van der Waals surface area contributed by atoms with Gasteiger partial charge in [0.2, 0.25) is 5.91 Å². The fourth-order valence-corrected chi connectivity index (χ4v) is 2.45. The third kappa shape index (κ3) is 3.11. The summed E-state index contributed by atoms with van der Waals surface area (Å²) >= 11 is 0. The number of hydrogen-bond donors (Lipinski definition) is 3. The van der Waals surface area contributed by atoms with E-state index in [0.717, 1.165) is 4.90 Å². The maximum absolute atomic E-state index is 12.4. The minimum absolute atomic E-state index is 0.0181. The monoisotopic (exact) mass is 324 g/mol. The fraction of sp³-hybridized carbons (Fsp3) is 0.118. The number of hydrogen-bond acceptors (Lipinski definition) is 5. The van der Waals surface area contributed by atoms with Crippen LogP contribution in [0.5, 0.6) is 0 Å². The number of nitrogen functional groups attached to an aromatic ring is 1. The van der Waals surface area contributed by atoms with Crippen molar-refractivity contribution in [1.29, 1.82) is 0 Å². The van der Waals surface area contributed by atoms with Gasteiger partial charge in [0.25, 0.3) is 11.8 Å². The average molecular weight is 324 g/mol. The Morgan fingerprint density at radius 2 is 1.71 bits per heavy atom. The van der Waals surface area contributed by atoms with Gasteiger partial charge in [-0.2, -0.15) is 0 Å². The van der Waals surface area contributed by atoms with Crippen LogP contribution in [0.25, 0.3) is 0 Å². The van der Waals surface area contributed by atoms with E-state index in [0.29, 0.717) is 16.9 Å². The molecule has 0 radical (unpaired) electrons. The van der Waals surface area contributed by atoms with Crippen molar-refractivity contribution in [2.45, 2.75) is 12.5 Å². The Balaban J connectivity index is 1.64. The van der Waals surface area contributed by atoms with Gasteiger partial charge in [-0.15, -0.1) is 0 Å². The molecule has 2 aromatic carbocycles. The van der Waals surface area contributed by atoms with E-state index >= 15 is 0 Å². The van der Waals surface area contributed by atoms with Crippen molar-refractivity contribution in [2.24, 2.45) is 0 Å². The van der Waals surface area contributed by atoms with Crippen LogP contribution in [-0.4, -0.2) is 23.8 Å². The zero-order chi connectivity index (χ0) is 17.1. The molecule has 1 unspecified atom stereocenters. The number of rotatable bonds is 4. The van der Waals surface area contributed by atoms with Crippen LogP contribution >= 0.6 is 0 Å². The molecule has 24 heavy (non-hydrogen) atoms. The van der Waals surface area contributed by atoms with Crippen LogP contribution in [0, 0.1) is 0 Å². The second-order valence-electron chi connectivity index (χ2n) is 5.38. The van der Waals surface area contributed by atoms with Crippen LogP contribution in [0.3, 0.4) is 0 Å². The molecule has 7 nitrogen and oxygen atoms in total. The number of nitrogens with one attached hydrogen (secondary N) is 2. The minimum Gasteiger partial charge on any atom is -0.399 e. The second kappa shape index (κ2) is 6.51. The molecule has 0 saturated carbocycles. The highest BCUT2D eigenvalue weighted by Gasteiger charge is 2.39. The molecular weight excluding hydrogens is 308 g/mol. The van der Waals surface area contributed by atoms with E-state index in [9.17, 15) is 14.4 Å². The molecule has 3 rings (SSSR count). The molecular formula is C17H16N4O3. The average Bonchev–Trinajstić information content (AvgIpc) is 2.88. The first-order valence-electron chi connectivity index (χ1n) is 7.39. The number of carbonyl (C=O) groups excluding carboxylic acids is 3. The smallest absolute Gasteiger partial charge is 0.265 e. The molecule has 0 aliphatic carbocycles. The Bertz CT molecular complexity index is 774. The summed E-state index contributed by atoms with van der Waals surface area (Å²) in [4.78, 5) is 37.6. The van der Waals surface area contributed by atoms with Gasteiger partial charge in [-0.3, -0.25) is 19.8 Å². The number of nitrogens with two attached hydrogens (primary N) is 1. The molecule has 7 heteroatoms. The Kier molecular flexibility index (Phi) is 4.26. The number of anilines is 2. The van der Waals surface area contributed by atoms with Crippen LogP contribution in [0.1, 0.15) is 16.8 Å². The van der Waals surface area contributed by atoms with Gasteiger partial charge in [0.1, 0.15) is 6.04 Å². The lowest BCUT2D eigenvalue weighted by Gasteiger charge is -2.15. The molecule has 0 bridgehead atoms. The van der Waals surface area contributed by atoms with Crippen LogP contribution in [0.15, 0.2) is 54.6 Å². The van der Waals surface area contributed by atoms with Gasteiger partial charge in [-0.1, -0.05) is 18.2 Å². The van der Waals surface area contributed by atoms with Crippen molar-refractivity contribution in [1.82, 2.24) is 10.9 Å². The largest absolute Gasteiger partial charge is 0.399 e. The lowest BCUT2D eigenvalue weighted by Crippen LogP contribution is -2.48. The summed E-state index contributed by atoms with van der Waals surface area (Å²) in [6.45, 7) is 0. The van der Waals surface area contributed by atoms with Gasteiger partial charge in [-0.25, -0.2) is 10.3 Å². The van der Waals surface area contributed by atoms with E-state index in [1.807, 2.05) is 0 Å². The van der Waals surface area contributed by atoms with Gasteiger partial charge < -0.3 is 5.73 Å². The summed E-state index contributed by atoms with van der Waals surface area (Å²) in [6, 6.07) is 14.2. The minimum atomic E-state index is -0.796. The standard InChI is InChI=1S/C17H16N4O3/c18-12-8-6-11(7-9-12)16(23)20-19-14-10-15(22)21(17(14)24)13-4-2-1-3-5-13/h1-9,14,19H,10,18H2,(H,20,23). The third-order valence-corrected chi connectivity index (χ3v) is 3.69. The number of benzene rings is 2. The fourth-order valence-electron chi connectivity index (χ4n) is 2.45. The molecule has 1 heterocycles. The zero-order valence-electron chi connectivity index (χ0n) is 12.7. The van der Waals surface area contributed by atoms with Crippen molar-refractivity contribution < 1.29 is 14.4 Å². The molecule has 122 valence electrons. The van der Waals surface area contributed by atoms with E-state index in [1.54, 1.807) is 54.6 Å². The maximum Gasteiger partial charge on any atom is 0.265 e. The number of para-hydroxylation sites is 1. The summed E-state index contributed by atoms with van der Waals surface area (Å²) in [5.74, 6) is -1.12. The summed E-state index contributed by atoms with van der Waals surface area (Å²) < 4.78 is 0. The van der Waals surface area contributed by atoms with Crippen LogP contribution in [0.4, 0.5) is 11.4 Å². The highest BCUT2D eigenvalue weighted by molar-refractivity contribution is 6.22. The predicted octanol–water partition coefficient (Wildman–Crippen LogP) is 0.835. The molecule has 0 spiro atoms. The van der Waals surface area contributed by atoms with Crippen molar-refractivity contribution in [2.75, 3.05) is 10.6 Å².